The topological polar surface area (TPSA) is 46.2 Å². The Kier molecular flexibility index (Phi) is 3.37. The summed E-state index contributed by atoms with van der Waals surface area (Å²) in [6.07, 6.45) is 5.12. The van der Waals surface area contributed by atoms with E-state index in [0.29, 0.717) is 0 Å². The normalized spacial score (nSPS) is 31.8. The highest BCUT2D eigenvalue weighted by Crippen LogP contribution is 2.23. The molecule has 1 aliphatic rings. The third-order valence-electron chi connectivity index (χ3n) is 2.05. The highest BCUT2D eigenvalue weighted by molar-refractivity contribution is 7.88. The molecule has 1 N–H and O–H groups in total. The molecule has 0 amide bonds. The van der Waals surface area contributed by atoms with Gasteiger partial charge < -0.3 is 0 Å². The Labute approximate surface area is 78.5 Å². The number of nitrogens with one attached hydrogen (secondary N) is 1. The number of rotatable bonds is 2. The van der Waals surface area contributed by atoms with Crippen LogP contribution in [0.15, 0.2) is 0 Å². The van der Waals surface area contributed by atoms with Crippen molar-refractivity contribution in [1.29, 1.82) is 0 Å². The lowest BCUT2D eigenvalue weighted by molar-refractivity contribution is 0.419. The van der Waals surface area contributed by atoms with E-state index in [-0.39, 0.29) is 11.4 Å². The monoisotopic (exact) mass is 211 g/mol. The van der Waals surface area contributed by atoms with Crippen molar-refractivity contribution in [1.82, 2.24) is 4.72 Å². The van der Waals surface area contributed by atoms with E-state index in [9.17, 15) is 8.42 Å². The molecular weight excluding hydrogens is 198 g/mol. The van der Waals surface area contributed by atoms with Gasteiger partial charge in [0.05, 0.1) is 6.26 Å². The second kappa shape index (κ2) is 3.94. The molecule has 0 aliphatic heterocycles. The van der Waals surface area contributed by atoms with Crippen LogP contribution in [0.3, 0.4) is 0 Å². The van der Waals surface area contributed by atoms with Gasteiger partial charge in [-0.1, -0.05) is 12.8 Å². The van der Waals surface area contributed by atoms with Gasteiger partial charge in [-0.2, -0.15) is 0 Å². The molecule has 1 fully saturated rings. The Hall–Kier alpha value is 0.200. The first-order chi connectivity index (χ1) is 5.49. The lowest BCUT2D eigenvalue weighted by atomic mass is 9.96. The SMILES string of the molecule is CS(=O)(=O)NC1CCCCC1Cl. The van der Waals surface area contributed by atoms with Crippen LogP contribution in [0.4, 0.5) is 0 Å². The minimum absolute atomic E-state index is 0.0338. The van der Waals surface area contributed by atoms with Gasteiger partial charge in [0.1, 0.15) is 0 Å². The van der Waals surface area contributed by atoms with Gasteiger partial charge in [-0.15, -0.1) is 11.6 Å². The van der Waals surface area contributed by atoms with E-state index in [0.717, 1.165) is 25.7 Å². The Morgan fingerprint density at radius 3 is 2.42 bits per heavy atom. The van der Waals surface area contributed by atoms with Crippen LogP contribution in [0.2, 0.25) is 0 Å². The molecule has 0 aromatic heterocycles. The number of hydrogen-bond acceptors (Lipinski definition) is 2. The molecule has 0 spiro atoms. The second-order valence-corrected chi connectivity index (χ2v) is 5.64. The zero-order valence-electron chi connectivity index (χ0n) is 7.09. The molecule has 0 heterocycles. The predicted octanol–water partition coefficient (Wildman–Crippen LogP) is 1.09. The standard InChI is InChI=1S/C7H14ClNO2S/c1-12(10,11)9-7-5-3-2-4-6(7)8/h6-7,9H,2-5H2,1H3. The largest absolute Gasteiger partial charge is 0.213 e. The van der Waals surface area contributed by atoms with Gasteiger partial charge in [0.25, 0.3) is 0 Å². The van der Waals surface area contributed by atoms with Crippen LogP contribution in [0.1, 0.15) is 25.7 Å². The van der Waals surface area contributed by atoms with Crippen LogP contribution in [-0.2, 0) is 10.0 Å². The van der Waals surface area contributed by atoms with Crippen molar-refractivity contribution in [2.45, 2.75) is 37.1 Å². The van der Waals surface area contributed by atoms with Crippen LogP contribution in [0.5, 0.6) is 0 Å². The van der Waals surface area contributed by atoms with E-state index >= 15 is 0 Å². The van der Waals surface area contributed by atoms with Crippen molar-refractivity contribution >= 4 is 21.6 Å². The molecule has 0 bridgehead atoms. The van der Waals surface area contributed by atoms with Crippen LogP contribution in [0.25, 0.3) is 0 Å². The number of sulfonamides is 1. The minimum atomic E-state index is -3.09. The van der Waals surface area contributed by atoms with E-state index in [4.69, 9.17) is 11.6 Å². The molecule has 2 unspecified atom stereocenters. The average molecular weight is 212 g/mol. The Balaban J connectivity index is 2.50. The van der Waals surface area contributed by atoms with Crippen molar-refractivity contribution < 1.29 is 8.42 Å². The number of halogens is 1. The molecule has 0 saturated heterocycles. The van der Waals surface area contributed by atoms with Gasteiger partial charge in [-0.05, 0) is 12.8 Å². The summed E-state index contributed by atoms with van der Waals surface area (Å²) in [5, 5.41) is -0.0338. The van der Waals surface area contributed by atoms with E-state index in [1.54, 1.807) is 0 Å². The summed E-state index contributed by atoms with van der Waals surface area (Å²) in [4.78, 5) is 0. The Bertz CT molecular complexity index is 240. The van der Waals surface area contributed by atoms with E-state index < -0.39 is 10.0 Å². The Morgan fingerprint density at radius 1 is 1.33 bits per heavy atom. The molecule has 72 valence electrons. The molecule has 1 rings (SSSR count). The lowest BCUT2D eigenvalue weighted by Gasteiger charge is -2.26. The molecule has 5 heteroatoms. The van der Waals surface area contributed by atoms with E-state index in [1.807, 2.05) is 0 Å². The molecule has 0 aromatic rings. The summed E-state index contributed by atoms with van der Waals surface area (Å²) >= 11 is 5.96. The fourth-order valence-corrected chi connectivity index (χ4v) is 2.74. The number of alkyl halides is 1. The first-order valence-electron chi connectivity index (χ1n) is 4.10. The third kappa shape index (κ3) is 3.29. The molecule has 1 aliphatic carbocycles. The molecule has 1 saturated carbocycles. The molecular formula is C7H14ClNO2S. The van der Waals surface area contributed by atoms with Crippen LogP contribution < -0.4 is 4.72 Å². The lowest BCUT2D eigenvalue weighted by Crippen LogP contribution is -2.42. The van der Waals surface area contributed by atoms with Gasteiger partial charge in [0.15, 0.2) is 0 Å². The summed E-state index contributed by atoms with van der Waals surface area (Å²) in [6, 6.07) is -0.0598. The second-order valence-electron chi connectivity index (χ2n) is 3.30. The summed E-state index contributed by atoms with van der Waals surface area (Å²) in [5.74, 6) is 0. The van der Waals surface area contributed by atoms with Crippen molar-refractivity contribution in [3.8, 4) is 0 Å². The van der Waals surface area contributed by atoms with Crippen molar-refractivity contribution in [3.05, 3.63) is 0 Å². The highest BCUT2D eigenvalue weighted by atomic mass is 35.5. The number of hydrogen-bond donors (Lipinski definition) is 1. The van der Waals surface area contributed by atoms with Gasteiger partial charge in [0, 0.05) is 11.4 Å². The summed E-state index contributed by atoms with van der Waals surface area (Å²) in [7, 11) is -3.09. The van der Waals surface area contributed by atoms with Crippen molar-refractivity contribution in [3.63, 3.8) is 0 Å². The minimum Gasteiger partial charge on any atom is -0.213 e. The van der Waals surface area contributed by atoms with Crippen molar-refractivity contribution in [2.24, 2.45) is 0 Å². The maximum atomic E-state index is 10.9. The Morgan fingerprint density at radius 2 is 1.92 bits per heavy atom. The summed E-state index contributed by atoms with van der Waals surface area (Å²) in [5.41, 5.74) is 0. The maximum Gasteiger partial charge on any atom is 0.208 e. The maximum absolute atomic E-state index is 10.9. The molecule has 3 nitrogen and oxygen atoms in total. The fraction of sp³-hybridized carbons (Fsp3) is 1.00. The van der Waals surface area contributed by atoms with Gasteiger partial charge in [-0.3, -0.25) is 0 Å². The van der Waals surface area contributed by atoms with E-state index in [2.05, 4.69) is 4.72 Å². The summed E-state index contributed by atoms with van der Waals surface area (Å²) < 4.78 is 24.3. The molecule has 0 aromatic carbocycles. The zero-order chi connectivity index (χ0) is 9.19. The third-order valence-corrected chi connectivity index (χ3v) is 3.30. The highest BCUT2D eigenvalue weighted by Gasteiger charge is 2.25. The van der Waals surface area contributed by atoms with Gasteiger partial charge >= 0.3 is 0 Å². The van der Waals surface area contributed by atoms with Crippen molar-refractivity contribution in [2.75, 3.05) is 6.26 Å². The smallest absolute Gasteiger partial charge is 0.208 e. The van der Waals surface area contributed by atoms with Gasteiger partial charge in [-0.25, -0.2) is 13.1 Å². The summed E-state index contributed by atoms with van der Waals surface area (Å²) in [6.45, 7) is 0. The predicted molar refractivity (Wildman–Crippen MR) is 49.9 cm³/mol. The molecule has 12 heavy (non-hydrogen) atoms. The fourth-order valence-electron chi connectivity index (χ4n) is 1.49. The van der Waals surface area contributed by atoms with Crippen LogP contribution >= 0.6 is 11.6 Å². The first-order valence-corrected chi connectivity index (χ1v) is 6.43. The van der Waals surface area contributed by atoms with E-state index in [1.165, 1.54) is 6.26 Å². The van der Waals surface area contributed by atoms with Gasteiger partial charge in [0.2, 0.25) is 10.0 Å². The quantitative estimate of drug-likeness (QED) is 0.695. The first kappa shape index (κ1) is 10.3. The average Bonchev–Trinajstić information content (AvgIpc) is 1.91. The van der Waals surface area contributed by atoms with Crippen LogP contribution in [0, 0.1) is 0 Å². The molecule has 2 atom stereocenters. The van der Waals surface area contributed by atoms with Crippen LogP contribution in [-0.4, -0.2) is 26.1 Å². The zero-order valence-corrected chi connectivity index (χ0v) is 8.66. The molecule has 0 radical (unpaired) electrons.